The summed E-state index contributed by atoms with van der Waals surface area (Å²) in [6, 6.07) is 2.17. The first-order chi connectivity index (χ1) is 11.6. The molecule has 2 aromatic heterocycles. The minimum Gasteiger partial charge on any atom is -0.444 e. The van der Waals surface area contributed by atoms with Gasteiger partial charge in [0.2, 0.25) is 23.4 Å². The topological polar surface area (TPSA) is 82.3 Å². The third kappa shape index (κ3) is 2.89. The molecule has 1 aliphatic carbocycles. The molecule has 0 N–H and O–H groups in total. The summed E-state index contributed by atoms with van der Waals surface area (Å²) in [4.78, 5) is 13.2. The van der Waals surface area contributed by atoms with E-state index in [-0.39, 0.29) is 0 Å². The van der Waals surface area contributed by atoms with Crippen molar-refractivity contribution in [3.05, 3.63) is 28.9 Å². The van der Waals surface area contributed by atoms with E-state index in [0.29, 0.717) is 17.5 Å². The van der Waals surface area contributed by atoms with E-state index in [4.69, 9.17) is 8.83 Å². The largest absolute Gasteiger partial charge is 0.444 e. The molecule has 0 amide bonds. The Kier molecular flexibility index (Phi) is 3.77. The van der Waals surface area contributed by atoms with Crippen molar-refractivity contribution in [1.29, 1.82) is 5.26 Å². The van der Waals surface area contributed by atoms with Gasteiger partial charge in [0.25, 0.3) is 0 Å². The highest BCUT2D eigenvalue weighted by Crippen LogP contribution is 2.41. The molecule has 1 saturated carbocycles. The molecule has 2 aromatic rings. The van der Waals surface area contributed by atoms with Gasteiger partial charge in [0.1, 0.15) is 11.8 Å². The lowest BCUT2D eigenvalue weighted by molar-refractivity contribution is 0.221. The van der Waals surface area contributed by atoms with Gasteiger partial charge >= 0.3 is 0 Å². The number of hydrogen-bond donors (Lipinski definition) is 0. The highest BCUT2D eigenvalue weighted by atomic mass is 16.4. The molecule has 2 fully saturated rings. The summed E-state index contributed by atoms with van der Waals surface area (Å²) < 4.78 is 11.5. The molecule has 0 bridgehead atoms. The Labute approximate surface area is 140 Å². The number of nitrogens with zero attached hydrogens (tertiary/aromatic N) is 5. The molecular weight excluding hydrogens is 306 g/mol. The number of hydrogen-bond acceptors (Lipinski definition) is 7. The lowest BCUT2D eigenvalue weighted by Gasteiger charge is -2.33. The fourth-order valence-corrected chi connectivity index (χ4v) is 3.03. The molecule has 0 aromatic carbocycles. The van der Waals surface area contributed by atoms with Crippen molar-refractivity contribution >= 4 is 5.88 Å². The number of nitriles is 1. The summed E-state index contributed by atoms with van der Waals surface area (Å²) in [5, 5.41) is 9.31. The maximum atomic E-state index is 9.31. The molecule has 0 unspecified atom stereocenters. The summed E-state index contributed by atoms with van der Waals surface area (Å²) >= 11 is 0. The molecule has 24 heavy (non-hydrogen) atoms. The Morgan fingerprint density at radius 2 is 1.88 bits per heavy atom. The summed E-state index contributed by atoms with van der Waals surface area (Å²) in [6.07, 6.45) is 2.24. The van der Waals surface area contributed by atoms with Gasteiger partial charge < -0.3 is 13.7 Å². The van der Waals surface area contributed by atoms with Crippen molar-refractivity contribution in [3.8, 4) is 6.07 Å². The smallest absolute Gasteiger partial charge is 0.234 e. The number of oxazole rings is 2. The summed E-state index contributed by atoms with van der Waals surface area (Å²) in [7, 11) is 0. The van der Waals surface area contributed by atoms with E-state index in [1.165, 1.54) is 0 Å². The van der Waals surface area contributed by atoms with Crippen LogP contribution in [-0.4, -0.2) is 41.0 Å². The van der Waals surface area contributed by atoms with Crippen LogP contribution in [-0.2, 0) is 6.54 Å². The molecule has 1 saturated heterocycles. The minimum absolute atomic E-state index is 0.420. The van der Waals surface area contributed by atoms with Crippen LogP contribution in [0.3, 0.4) is 0 Å². The highest BCUT2D eigenvalue weighted by molar-refractivity contribution is 5.48. The van der Waals surface area contributed by atoms with Crippen LogP contribution in [0, 0.1) is 25.2 Å². The Morgan fingerprint density at radius 1 is 1.12 bits per heavy atom. The second-order valence-corrected chi connectivity index (χ2v) is 6.60. The molecule has 1 aliphatic heterocycles. The monoisotopic (exact) mass is 327 g/mol. The van der Waals surface area contributed by atoms with Crippen LogP contribution in [0.25, 0.3) is 0 Å². The molecule has 0 radical (unpaired) electrons. The SMILES string of the molecule is Cc1nc(CN2CCN(c3oc(C4CC4)nc3C#N)CC2)oc1C. The predicted molar refractivity (Wildman–Crippen MR) is 86.7 cm³/mol. The van der Waals surface area contributed by atoms with Crippen LogP contribution < -0.4 is 4.90 Å². The first-order valence-corrected chi connectivity index (χ1v) is 8.45. The van der Waals surface area contributed by atoms with Crippen molar-refractivity contribution in [3.63, 3.8) is 0 Å². The van der Waals surface area contributed by atoms with Crippen molar-refractivity contribution < 1.29 is 8.83 Å². The maximum Gasteiger partial charge on any atom is 0.234 e. The zero-order valence-corrected chi connectivity index (χ0v) is 14.1. The molecule has 0 atom stereocenters. The zero-order chi connectivity index (χ0) is 16.7. The van der Waals surface area contributed by atoms with Gasteiger partial charge in [-0.3, -0.25) is 4.90 Å². The van der Waals surface area contributed by atoms with E-state index in [2.05, 4.69) is 25.8 Å². The summed E-state index contributed by atoms with van der Waals surface area (Å²) in [5.74, 6) is 3.45. The molecule has 2 aliphatic rings. The normalized spacial score (nSPS) is 18.8. The minimum atomic E-state index is 0.420. The lowest BCUT2D eigenvalue weighted by atomic mass is 10.3. The van der Waals surface area contributed by atoms with Crippen LogP contribution >= 0.6 is 0 Å². The van der Waals surface area contributed by atoms with Crippen molar-refractivity contribution in [1.82, 2.24) is 14.9 Å². The van der Waals surface area contributed by atoms with Gasteiger partial charge in [-0.15, -0.1) is 0 Å². The fraction of sp³-hybridized carbons (Fsp3) is 0.588. The van der Waals surface area contributed by atoms with Gasteiger partial charge in [-0.1, -0.05) is 0 Å². The molecule has 7 nitrogen and oxygen atoms in total. The molecular formula is C17H21N5O2. The third-order valence-corrected chi connectivity index (χ3v) is 4.75. The van der Waals surface area contributed by atoms with Gasteiger partial charge in [0.05, 0.1) is 12.2 Å². The number of anilines is 1. The van der Waals surface area contributed by atoms with E-state index in [1.807, 2.05) is 13.8 Å². The molecule has 3 heterocycles. The summed E-state index contributed by atoms with van der Waals surface area (Å²) in [6.45, 7) is 8.01. The van der Waals surface area contributed by atoms with Crippen LogP contribution in [0.1, 0.15) is 47.7 Å². The molecule has 126 valence electrons. The number of aryl methyl sites for hydroxylation is 2. The van der Waals surface area contributed by atoms with E-state index in [1.54, 1.807) is 0 Å². The maximum absolute atomic E-state index is 9.31. The second-order valence-electron chi connectivity index (χ2n) is 6.60. The third-order valence-electron chi connectivity index (χ3n) is 4.75. The van der Waals surface area contributed by atoms with Gasteiger partial charge in [0.15, 0.2) is 0 Å². The Bertz CT molecular complexity index is 756. The van der Waals surface area contributed by atoms with Gasteiger partial charge in [-0.25, -0.2) is 9.97 Å². The van der Waals surface area contributed by atoms with Gasteiger partial charge in [0, 0.05) is 32.1 Å². The average molecular weight is 327 g/mol. The molecule has 0 spiro atoms. The van der Waals surface area contributed by atoms with Crippen molar-refractivity contribution in [2.45, 2.75) is 39.2 Å². The average Bonchev–Trinajstić information content (AvgIpc) is 3.26. The van der Waals surface area contributed by atoms with E-state index < -0.39 is 0 Å². The van der Waals surface area contributed by atoms with E-state index in [9.17, 15) is 5.26 Å². The molecule has 7 heteroatoms. The van der Waals surface area contributed by atoms with E-state index in [0.717, 1.165) is 68.8 Å². The van der Waals surface area contributed by atoms with Gasteiger partial charge in [-0.05, 0) is 26.7 Å². The van der Waals surface area contributed by atoms with Crippen LogP contribution in [0.5, 0.6) is 0 Å². The number of aromatic nitrogens is 2. The summed E-state index contributed by atoms with van der Waals surface area (Å²) in [5.41, 5.74) is 1.38. The van der Waals surface area contributed by atoms with Gasteiger partial charge in [-0.2, -0.15) is 5.26 Å². The number of piperazine rings is 1. The van der Waals surface area contributed by atoms with E-state index >= 15 is 0 Å². The standard InChI is InChI=1S/C17H21N5O2/c1-11-12(2)23-15(19-11)10-21-5-7-22(8-6-21)17-14(9-18)20-16(24-17)13-3-4-13/h13H,3-8,10H2,1-2H3. The van der Waals surface area contributed by atoms with Crippen molar-refractivity contribution in [2.75, 3.05) is 31.1 Å². The first kappa shape index (κ1) is 15.2. The molecule has 4 rings (SSSR count). The second kappa shape index (κ2) is 5.95. The highest BCUT2D eigenvalue weighted by Gasteiger charge is 2.32. The Morgan fingerprint density at radius 3 is 2.46 bits per heavy atom. The quantitative estimate of drug-likeness (QED) is 0.852. The first-order valence-electron chi connectivity index (χ1n) is 8.45. The van der Waals surface area contributed by atoms with Crippen molar-refractivity contribution in [2.24, 2.45) is 0 Å². The van der Waals surface area contributed by atoms with Crippen LogP contribution in [0.15, 0.2) is 8.83 Å². The number of rotatable bonds is 4. The lowest BCUT2D eigenvalue weighted by Crippen LogP contribution is -2.46. The Balaban J connectivity index is 1.40. The zero-order valence-electron chi connectivity index (χ0n) is 14.1. The van der Waals surface area contributed by atoms with Crippen LogP contribution in [0.4, 0.5) is 5.88 Å². The fourth-order valence-electron chi connectivity index (χ4n) is 3.03. The predicted octanol–water partition coefficient (Wildman–Crippen LogP) is 2.35. The Hall–Kier alpha value is -2.33. The van der Waals surface area contributed by atoms with Crippen LogP contribution in [0.2, 0.25) is 0 Å².